The van der Waals surface area contributed by atoms with Gasteiger partial charge in [-0.2, -0.15) is 0 Å². The van der Waals surface area contributed by atoms with Gasteiger partial charge in [0.15, 0.2) is 0 Å². The van der Waals surface area contributed by atoms with Crippen molar-refractivity contribution in [3.05, 3.63) is 40.5 Å². The molecular weight excluding hydrogens is 316 g/mol. The van der Waals surface area contributed by atoms with Crippen molar-refractivity contribution in [2.75, 3.05) is 7.05 Å². The minimum Gasteiger partial charge on any atom is -0.325 e. The maximum atomic E-state index is 12.0. The molecule has 20 heavy (non-hydrogen) atoms. The molecular formula is C16H21BrN2O. The standard InChI is InChI=1S/C16H21BrN2O/c1-19(15-5-3-2-4-6-15)16(20)18-12-11-13-7-9-14(17)10-8-13/h7-12,15H,2-6H2,1H3,(H,18,20)/b12-11+. The van der Waals surface area contributed by atoms with Gasteiger partial charge in [-0.3, -0.25) is 0 Å². The SMILES string of the molecule is CN(C(=O)N/C=C/c1ccc(Br)cc1)C1CCCCC1. The number of hydrogen-bond donors (Lipinski definition) is 1. The van der Waals surface area contributed by atoms with Crippen LogP contribution in [0.5, 0.6) is 0 Å². The van der Waals surface area contributed by atoms with E-state index < -0.39 is 0 Å². The molecule has 1 fully saturated rings. The Morgan fingerprint density at radius 2 is 1.90 bits per heavy atom. The van der Waals surface area contributed by atoms with Gasteiger partial charge in [0.1, 0.15) is 0 Å². The quantitative estimate of drug-likeness (QED) is 0.871. The van der Waals surface area contributed by atoms with Gasteiger partial charge < -0.3 is 10.2 Å². The summed E-state index contributed by atoms with van der Waals surface area (Å²) in [5.74, 6) is 0. The Kier molecular flexibility index (Phi) is 5.65. The number of urea groups is 1. The zero-order valence-electron chi connectivity index (χ0n) is 11.8. The highest BCUT2D eigenvalue weighted by Crippen LogP contribution is 2.21. The van der Waals surface area contributed by atoms with Gasteiger partial charge in [0.2, 0.25) is 0 Å². The van der Waals surface area contributed by atoms with Crippen LogP contribution in [0.25, 0.3) is 6.08 Å². The number of carbonyl (C=O) groups excluding carboxylic acids is 1. The highest BCUT2D eigenvalue weighted by Gasteiger charge is 2.21. The number of carbonyl (C=O) groups is 1. The number of nitrogens with one attached hydrogen (secondary N) is 1. The van der Waals surface area contributed by atoms with Crippen molar-refractivity contribution in [3.63, 3.8) is 0 Å². The lowest BCUT2D eigenvalue weighted by Gasteiger charge is -2.30. The minimum atomic E-state index is -0.0229. The fourth-order valence-corrected chi connectivity index (χ4v) is 2.78. The van der Waals surface area contributed by atoms with Gasteiger partial charge in [-0.1, -0.05) is 47.3 Å². The highest BCUT2D eigenvalue weighted by molar-refractivity contribution is 9.10. The lowest BCUT2D eigenvalue weighted by atomic mass is 9.95. The van der Waals surface area contributed by atoms with Crippen LogP contribution in [0.3, 0.4) is 0 Å². The first-order valence-electron chi connectivity index (χ1n) is 7.12. The maximum Gasteiger partial charge on any atom is 0.321 e. The van der Waals surface area contributed by atoms with Gasteiger partial charge >= 0.3 is 6.03 Å². The average Bonchev–Trinajstić information content (AvgIpc) is 2.49. The van der Waals surface area contributed by atoms with Crippen LogP contribution in [-0.2, 0) is 0 Å². The first-order valence-corrected chi connectivity index (χ1v) is 7.91. The van der Waals surface area contributed by atoms with E-state index in [1.165, 1.54) is 19.3 Å². The minimum absolute atomic E-state index is 0.0229. The molecule has 0 heterocycles. The van der Waals surface area contributed by atoms with Crippen LogP contribution in [0, 0.1) is 0 Å². The lowest BCUT2D eigenvalue weighted by molar-refractivity contribution is 0.177. The Hall–Kier alpha value is -1.29. The molecule has 1 aliphatic carbocycles. The number of amides is 2. The molecule has 108 valence electrons. The Bertz CT molecular complexity index is 464. The van der Waals surface area contributed by atoms with Crippen LogP contribution < -0.4 is 5.32 Å². The third kappa shape index (κ3) is 4.37. The van der Waals surface area contributed by atoms with Crippen LogP contribution in [0.4, 0.5) is 4.79 Å². The fraction of sp³-hybridized carbons (Fsp3) is 0.438. The first-order chi connectivity index (χ1) is 9.66. The summed E-state index contributed by atoms with van der Waals surface area (Å²) in [6.07, 6.45) is 9.63. The molecule has 0 radical (unpaired) electrons. The Balaban J connectivity index is 1.83. The summed E-state index contributed by atoms with van der Waals surface area (Å²) in [5, 5.41) is 2.84. The van der Waals surface area contributed by atoms with Gasteiger partial charge in [-0.05, 0) is 36.6 Å². The summed E-state index contributed by atoms with van der Waals surface area (Å²) in [6.45, 7) is 0. The van der Waals surface area contributed by atoms with E-state index in [0.717, 1.165) is 22.9 Å². The van der Waals surface area contributed by atoms with Crippen LogP contribution in [0.15, 0.2) is 34.9 Å². The van der Waals surface area contributed by atoms with E-state index in [4.69, 9.17) is 0 Å². The Labute approximate surface area is 129 Å². The second-order valence-corrected chi connectivity index (χ2v) is 6.15. The van der Waals surface area contributed by atoms with Gasteiger partial charge in [0.05, 0.1) is 0 Å². The normalized spacial score (nSPS) is 16.3. The van der Waals surface area contributed by atoms with Crippen molar-refractivity contribution in [2.45, 2.75) is 38.1 Å². The molecule has 1 aromatic carbocycles. The average molecular weight is 337 g/mol. The predicted molar refractivity (Wildman–Crippen MR) is 86.3 cm³/mol. The number of nitrogens with zero attached hydrogens (tertiary/aromatic N) is 1. The molecule has 0 unspecified atom stereocenters. The first kappa shape index (κ1) is 15.1. The summed E-state index contributed by atoms with van der Waals surface area (Å²) in [6, 6.07) is 8.33. The predicted octanol–water partition coefficient (Wildman–Crippen LogP) is 4.39. The number of rotatable bonds is 3. The molecule has 0 aliphatic heterocycles. The monoisotopic (exact) mass is 336 g/mol. The summed E-state index contributed by atoms with van der Waals surface area (Å²) < 4.78 is 1.05. The molecule has 0 atom stereocenters. The number of halogens is 1. The molecule has 3 nitrogen and oxygen atoms in total. The van der Waals surface area contributed by atoms with Gasteiger partial charge in [0.25, 0.3) is 0 Å². The fourth-order valence-electron chi connectivity index (χ4n) is 2.52. The Morgan fingerprint density at radius 3 is 2.55 bits per heavy atom. The van der Waals surface area contributed by atoms with Crippen LogP contribution >= 0.6 is 15.9 Å². The van der Waals surface area contributed by atoms with Gasteiger partial charge in [-0.25, -0.2) is 4.79 Å². The Morgan fingerprint density at radius 1 is 1.25 bits per heavy atom. The molecule has 1 aromatic rings. The zero-order valence-corrected chi connectivity index (χ0v) is 13.4. The van der Waals surface area contributed by atoms with E-state index >= 15 is 0 Å². The van der Waals surface area contributed by atoms with E-state index in [1.54, 1.807) is 6.20 Å². The molecule has 0 bridgehead atoms. The summed E-state index contributed by atoms with van der Waals surface area (Å²) in [7, 11) is 1.89. The van der Waals surface area contributed by atoms with Crippen molar-refractivity contribution in [1.82, 2.24) is 10.2 Å². The lowest BCUT2D eigenvalue weighted by Crippen LogP contribution is -2.42. The molecule has 2 rings (SSSR count). The maximum absolute atomic E-state index is 12.0. The molecule has 0 spiro atoms. The van der Waals surface area contributed by atoms with Crippen molar-refractivity contribution in [2.24, 2.45) is 0 Å². The van der Waals surface area contributed by atoms with Crippen molar-refractivity contribution < 1.29 is 4.79 Å². The zero-order chi connectivity index (χ0) is 14.4. The molecule has 0 saturated heterocycles. The summed E-state index contributed by atoms with van der Waals surface area (Å²) in [5.41, 5.74) is 1.06. The molecule has 1 aliphatic rings. The van der Waals surface area contributed by atoms with E-state index in [9.17, 15) is 4.79 Å². The summed E-state index contributed by atoms with van der Waals surface area (Å²) in [4.78, 5) is 13.9. The molecule has 2 amide bonds. The largest absolute Gasteiger partial charge is 0.325 e. The second-order valence-electron chi connectivity index (χ2n) is 5.24. The molecule has 1 N–H and O–H groups in total. The van der Waals surface area contributed by atoms with E-state index in [0.29, 0.717) is 6.04 Å². The number of hydrogen-bond acceptors (Lipinski definition) is 1. The van der Waals surface area contributed by atoms with Crippen LogP contribution in [-0.4, -0.2) is 24.0 Å². The van der Waals surface area contributed by atoms with Crippen LogP contribution in [0.2, 0.25) is 0 Å². The highest BCUT2D eigenvalue weighted by atomic mass is 79.9. The third-order valence-corrected chi connectivity index (χ3v) is 4.32. The molecule has 1 saturated carbocycles. The number of benzene rings is 1. The van der Waals surface area contributed by atoms with Crippen LogP contribution in [0.1, 0.15) is 37.7 Å². The topological polar surface area (TPSA) is 32.3 Å². The van der Waals surface area contributed by atoms with Crippen molar-refractivity contribution in [3.8, 4) is 0 Å². The van der Waals surface area contributed by atoms with Gasteiger partial charge in [0, 0.05) is 23.8 Å². The smallest absolute Gasteiger partial charge is 0.321 e. The van der Waals surface area contributed by atoms with Crippen molar-refractivity contribution >= 4 is 28.0 Å². The van der Waals surface area contributed by atoms with E-state index in [2.05, 4.69) is 21.2 Å². The van der Waals surface area contributed by atoms with E-state index in [-0.39, 0.29) is 6.03 Å². The van der Waals surface area contributed by atoms with Gasteiger partial charge in [-0.15, -0.1) is 0 Å². The summed E-state index contributed by atoms with van der Waals surface area (Å²) >= 11 is 3.40. The second kappa shape index (κ2) is 7.48. The van der Waals surface area contributed by atoms with Crippen molar-refractivity contribution in [1.29, 1.82) is 0 Å². The molecule has 4 heteroatoms. The van der Waals surface area contributed by atoms with E-state index in [1.807, 2.05) is 42.3 Å². The molecule has 0 aromatic heterocycles. The third-order valence-electron chi connectivity index (χ3n) is 3.80.